The topological polar surface area (TPSA) is 86.5 Å². The number of nitrogens with zero attached hydrogens (tertiary/aromatic N) is 2. The van der Waals surface area contributed by atoms with Gasteiger partial charge in [-0.15, -0.1) is 0 Å². The van der Waals surface area contributed by atoms with E-state index in [4.69, 9.17) is 0 Å². The average molecular weight is 336 g/mol. The van der Waals surface area contributed by atoms with Crippen LogP contribution in [0.4, 0.5) is 4.79 Å². The number of nitriles is 1. The number of nitrogens with one attached hydrogen (secondary N) is 2. The Kier molecular flexibility index (Phi) is 7.01. The molecule has 1 atom stereocenters. The monoisotopic (exact) mass is 336 g/mol. The standard InChI is InChI=1S/C19H20N4O2/c1-25-19(24)23-17(12-20)18(21-13-15-8-4-2-5-9-15)22-14-16-10-6-3-7-11-16/h2-11,17H,13-14H2,1H3,(H,21,22)(H,23,24). The Bertz CT molecular complexity index is 739. The minimum Gasteiger partial charge on any atom is -0.453 e. The third-order valence-electron chi connectivity index (χ3n) is 3.44. The van der Waals surface area contributed by atoms with Crippen molar-refractivity contribution < 1.29 is 9.53 Å². The van der Waals surface area contributed by atoms with E-state index in [9.17, 15) is 10.1 Å². The van der Waals surface area contributed by atoms with Crippen LogP contribution in [0, 0.1) is 11.3 Å². The van der Waals surface area contributed by atoms with Crippen LogP contribution in [-0.2, 0) is 17.8 Å². The molecular formula is C19H20N4O2. The smallest absolute Gasteiger partial charge is 0.408 e. The highest BCUT2D eigenvalue weighted by molar-refractivity contribution is 5.92. The number of amidine groups is 1. The molecule has 0 spiro atoms. The fourth-order valence-electron chi connectivity index (χ4n) is 2.14. The molecular weight excluding hydrogens is 316 g/mol. The maximum atomic E-state index is 11.5. The van der Waals surface area contributed by atoms with Crippen LogP contribution in [0.25, 0.3) is 0 Å². The summed E-state index contributed by atoms with van der Waals surface area (Å²) in [5.74, 6) is 0.389. The van der Waals surface area contributed by atoms with Gasteiger partial charge in [0, 0.05) is 6.54 Å². The largest absolute Gasteiger partial charge is 0.453 e. The lowest BCUT2D eigenvalue weighted by Crippen LogP contribution is -2.45. The van der Waals surface area contributed by atoms with Crippen molar-refractivity contribution >= 4 is 11.9 Å². The summed E-state index contributed by atoms with van der Waals surface area (Å²) >= 11 is 0. The lowest BCUT2D eigenvalue weighted by molar-refractivity contribution is 0.171. The van der Waals surface area contributed by atoms with Crippen LogP contribution in [-0.4, -0.2) is 25.1 Å². The molecule has 0 aromatic heterocycles. The van der Waals surface area contributed by atoms with E-state index < -0.39 is 12.1 Å². The molecule has 2 rings (SSSR count). The van der Waals surface area contributed by atoms with Crippen molar-refractivity contribution in [2.24, 2.45) is 4.99 Å². The number of alkyl carbamates (subject to hydrolysis) is 1. The summed E-state index contributed by atoms with van der Waals surface area (Å²) < 4.78 is 4.57. The molecule has 0 saturated heterocycles. The number of amides is 1. The molecule has 0 radical (unpaired) electrons. The average Bonchev–Trinajstić information content (AvgIpc) is 2.68. The second kappa shape index (κ2) is 9.73. The second-order valence-electron chi connectivity index (χ2n) is 5.22. The Labute approximate surface area is 147 Å². The number of ether oxygens (including phenoxy) is 1. The van der Waals surface area contributed by atoms with Gasteiger partial charge in [-0.3, -0.25) is 10.3 Å². The first-order chi connectivity index (χ1) is 12.2. The first-order valence-corrected chi connectivity index (χ1v) is 7.83. The van der Waals surface area contributed by atoms with E-state index >= 15 is 0 Å². The molecule has 6 nitrogen and oxygen atoms in total. The molecule has 128 valence electrons. The van der Waals surface area contributed by atoms with Crippen LogP contribution in [0.2, 0.25) is 0 Å². The highest BCUT2D eigenvalue weighted by Crippen LogP contribution is 2.03. The number of hydrogen-bond acceptors (Lipinski definition) is 4. The molecule has 1 unspecified atom stereocenters. The van der Waals surface area contributed by atoms with Crippen LogP contribution < -0.4 is 10.6 Å². The normalized spacial score (nSPS) is 11.9. The van der Waals surface area contributed by atoms with Gasteiger partial charge in [-0.25, -0.2) is 4.79 Å². The van der Waals surface area contributed by atoms with Crippen molar-refractivity contribution in [1.29, 1.82) is 5.26 Å². The summed E-state index contributed by atoms with van der Waals surface area (Å²) in [6.45, 7) is 0.897. The summed E-state index contributed by atoms with van der Waals surface area (Å²) in [6.07, 6.45) is -0.680. The van der Waals surface area contributed by atoms with Crippen molar-refractivity contribution in [1.82, 2.24) is 10.6 Å². The molecule has 2 aromatic rings. The molecule has 1 amide bonds. The molecule has 2 N–H and O–H groups in total. The van der Waals surface area contributed by atoms with Gasteiger partial charge in [0.05, 0.1) is 19.7 Å². The predicted octanol–water partition coefficient (Wildman–Crippen LogP) is 2.62. The van der Waals surface area contributed by atoms with Crippen molar-refractivity contribution in [3.05, 3.63) is 71.8 Å². The van der Waals surface area contributed by atoms with Crippen molar-refractivity contribution in [2.45, 2.75) is 19.1 Å². The maximum Gasteiger partial charge on any atom is 0.408 e. The molecule has 0 saturated carbocycles. The van der Waals surface area contributed by atoms with Crippen LogP contribution in [0.1, 0.15) is 11.1 Å². The van der Waals surface area contributed by atoms with E-state index in [-0.39, 0.29) is 0 Å². The Hall–Kier alpha value is -3.33. The van der Waals surface area contributed by atoms with E-state index in [1.54, 1.807) is 0 Å². The number of methoxy groups -OCH3 is 1. The molecule has 0 fully saturated rings. The van der Waals surface area contributed by atoms with Crippen molar-refractivity contribution in [3.8, 4) is 6.07 Å². The fraction of sp³-hybridized carbons (Fsp3) is 0.211. The molecule has 2 aromatic carbocycles. The van der Waals surface area contributed by atoms with Crippen LogP contribution in [0.5, 0.6) is 0 Å². The SMILES string of the molecule is COC(=O)NC(C#N)C(=NCc1ccccc1)NCc1ccccc1. The predicted molar refractivity (Wildman–Crippen MR) is 95.8 cm³/mol. The quantitative estimate of drug-likeness (QED) is 0.627. The zero-order chi connectivity index (χ0) is 17.9. The summed E-state index contributed by atoms with van der Waals surface area (Å²) in [4.78, 5) is 15.9. The van der Waals surface area contributed by atoms with Crippen LogP contribution >= 0.6 is 0 Å². The molecule has 0 bridgehead atoms. The van der Waals surface area contributed by atoms with Gasteiger partial charge in [0.25, 0.3) is 0 Å². The second-order valence-corrected chi connectivity index (χ2v) is 5.22. The van der Waals surface area contributed by atoms with Gasteiger partial charge in [0.15, 0.2) is 6.04 Å². The third kappa shape index (κ3) is 5.99. The van der Waals surface area contributed by atoms with E-state index in [0.29, 0.717) is 18.9 Å². The lowest BCUT2D eigenvalue weighted by Gasteiger charge is -2.16. The molecule has 0 aliphatic rings. The van der Waals surface area contributed by atoms with Gasteiger partial charge in [-0.1, -0.05) is 60.7 Å². The zero-order valence-corrected chi connectivity index (χ0v) is 14.0. The highest BCUT2D eigenvalue weighted by atomic mass is 16.5. The van der Waals surface area contributed by atoms with E-state index in [1.807, 2.05) is 66.7 Å². The Morgan fingerprint density at radius 1 is 1.12 bits per heavy atom. The van der Waals surface area contributed by atoms with Gasteiger partial charge in [-0.2, -0.15) is 5.26 Å². The molecule has 0 heterocycles. The number of carbonyl (C=O) groups excluding carboxylic acids is 1. The lowest BCUT2D eigenvalue weighted by atomic mass is 10.2. The van der Waals surface area contributed by atoms with Gasteiger partial charge in [0.2, 0.25) is 0 Å². The van der Waals surface area contributed by atoms with E-state index in [1.165, 1.54) is 7.11 Å². The van der Waals surface area contributed by atoms with Gasteiger partial charge in [-0.05, 0) is 11.1 Å². The first kappa shape index (κ1) is 18.0. The Morgan fingerprint density at radius 3 is 2.28 bits per heavy atom. The summed E-state index contributed by atoms with van der Waals surface area (Å²) in [5, 5.41) is 15.0. The summed E-state index contributed by atoms with van der Waals surface area (Å²) in [6, 6.07) is 20.6. The van der Waals surface area contributed by atoms with Gasteiger partial charge in [0.1, 0.15) is 5.84 Å². The van der Waals surface area contributed by atoms with Crippen molar-refractivity contribution in [2.75, 3.05) is 7.11 Å². The van der Waals surface area contributed by atoms with Gasteiger partial charge < -0.3 is 10.1 Å². The van der Waals surface area contributed by atoms with E-state index in [0.717, 1.165) is 11.1 Å². The molecule has 0 aliphatic carbocycles. The zero-order valence-electron chi connectivity index (χ0n) is 14.0. The summed E-state index contributed by atoms with van der Waals surface area (Å²) in [5.41, 5.74) is 2.06. The van der Waals surface area contributed by atoms with Gasteiger partial charge >= 0.3 is 6.09 Å². The number of carbonyl (C=O) groups is 1. The number of benzene rings is 2. The van der Waals surface area contributed by atoms with Crippen LogP contribution in [0.3, 0.4) is 0 Å². The molecule has 25 heavy (non-hydrogen) atoms. The minimum absolute atomic E-state index is 0.389. The number of rotatable bonds is 6. The highest BCUT2D eigenvalue weighted by Gasteiger charge is 2.18. The Balaban J connectivity index is 2.14. The first-order valence-electron chi connectivity index (χ1n) is 7.83. The number of hydrogen-bond donors (Lipinski definition) is 2. The number of aliphatic imine (C=N–C) groups is 1. The fourth-order valence-corrected chi connectivity index (χ4v) is 2.14. The summed E-state index contributed by atoms with van der Waals surface area (Å²) in [7, 11) is 1.25. The molecule has 0 aliphatic heterocycles. The maximum absolute atomic E-state index is 11.5. The van der Waals surface area contributed by atoms with E-state index in [2.05, 4.69) is 20.4 Å². The Morgan fingerprint density at radius 2 is 1.72 bits per heavy atom. The molecule has 6 heteroatoms. The van der Waals surface area contributed by atoms with Crippen molar-refractivity contribution in [3.63, 3.8) is 0 Å². The third-order valence-corrected chi connectivity index (χ3v) is 3.44. The minimum atomic E-state index is -0.917. The van der Waals surface area contributed by atoms with Crippen LogP contribution in [0.15, 0.2) is 65.7 Å².